The van der Waals surface area contributed by atoms with E-state index in [0.717, 1.165) is 0 Å². The maximum Gasteiger partial charge on any atom is 0.305 e. The molecule has 0 radical (unpaired) electrons. The predicted molar refractivity (Wildman–Crippen MR) is 154 cm³/mol. The van der Waals surface area contributed by atoms with Gasteiger partial charge in [-0.15, -0.1) is 0 Å². The molecule has 16 heteroatoms. The van der Waals surface area contributed by atoms with E-state index in [-0.39, 0.29) is 26.1 Å². The average Bonchev–Trinajstić information content (AvgIpc) is 3.00. The van der Waals surface area contributed by atoms with Gasteiger partial charge >= 0.3 is 11.9 Å². The summed E-state index contributed by atoms with van der Waals surface area (Å²) in [6.07, 6.45) is -0.0138. The van der Waals surface area contributed by atoms with Crippen LogP contribution in [0.5, 0.6) is 0 Å². The highest BCUT2D eigenvalue weighted by molar-refractivity contribution is 5.67. The summed E-state index contributed by atoms with van der Waals surface area (Å²) >= 11 is 0. The zero-order chi connectivity index (χ0) is 32.0. The van der Waals surface area contributed by atoms with Crippen molar-refractivity contribution in [2.45, 2.75) is 12.8 Å². The van der Waals surface area contributed by atoms with Gasteiger partial charge in [-0.3, -0.25) is 9.59 Å². The van der Waals surface area contributed by atoms with Crippen LogP contribution in [-0.4, -0.2) is 181 Å². The lowest BCUT2D eigenvalue weighted by atomic mass is 10.5. The minimum Gasteiger partial charge on any atom is -0.481 e. The Kier molecular flexibility index (Phi) is 36.3. The molecular weight excluding hydrogens is 592 g/mol. The molecule has 262 valence electrons. The molecule has 0 aliphatic carbocycles. The topological polar surface area (TPSA) is 185 Å². The third kappa shape index (κ3) is 40.5. The molecule has 16 nitrogen and oxygen atoms in total. The van der Waals surface area contributed by atoms with E-state index in [1.54, 1.807) is 0 Å². The van der Waals surface area contributed by atoms with Gasteiger partial charge < -0.3 is 67.1 Å². The van der Waals surface area contributed by atoms with Crippen molar-refractivity contribution in [3.05, 3.63) is 0 Å². The van der Waals surface area contributed by atoms with Crippen LogP contribution in [0.4, 0.5) is 0 Å². The summed E-state index contributed by atoms with van der Waals surface area (Å²) in [6, 6.07) is 0. The molecule has 0 saturated carbocycles. The molecule has 0 unspecified atom stereocenters. The molecule has 0 saturated heterocycles. The second-order valence-corrected chi connectivity index (χ2v) is 8.64. The number of carbonyl (C=O) groups is 2. The van der Waals surface area contributed by atoms with Crippen LogP contribution in [0.25, 0.3) is 0 Å². The molecular formula is C28H54O16. The normalized spacial score (nSPS) is 11.4. The fourth-order valence-electron chi connectivity index (χ4n) is 2.84. The molecule has 0 heterocycles. The van der Waals surface area contributed by atoms with Gasteiger partial charge in [-0.2, -0.15) is 0 Å². The highest BCUT2D eigenvalue weighted by atomic mass is 16.6. The SMILES string of the molecule is O=C(O)CCOCCOCCOCCOCCOCCOCCOCCOCCOCCOCCOCCOCCC(=O)O. The summed E-state index contributed by atoms with van der Waals surface area (Å²) in [4.78, 5) is 20.6. The third-order valence-electron chi connectivity index (χ3n) is 5.01. The first-order chi connectivity index (χ1) is 21.6. The van der Waals surface area contributed by atoms with E-state index in [0.29, 0.717) is 145 Å². The number of rotatable bonds is 39. The third-order valence-corrected chi connectivity index (χ3v) is 5.01. The van der Waals surface area contributed by atoms with Crippen LogP contribution in [0, 0.1) is 0 Å². The number of aliphatic carboxylic acids is 2. The van der Waals surface area contributed by atoms with Crippen molar-refractivity contribution in [1.82, 2.24) is 0 Å². The number of carboxylic acids is 2. The molecule has 0 aliphatic rings. The highest BCUT2D eigenvalue weighted by Gasteiger charge is 1.99. The first kappa shape index (κ1) is 42.5. The van der Waals surface area contributed by atoms with Crippen LogP contribution < -0.4 is 0 Å². The van der Waals surface area contributed by atoms with Gasteiger partial charge in [-0.05, 0) is 0 Å². The molecule has 0 aromatic heterocycles. The summed E-state index contributed by atoms with van der Waals surface area (Å²) in [5.41, 5.74) is 0. The smallest absolute Gasteiger partial charge is 0.305 e. The quantitative estimate of drug-likeness (QED) is 0.0858. The van der Waals surface area contributed by atoms with Crippen molar-refractivity contribution in [3.8, 4) is 0 Å². The second kappa shape index (κ2) is 37.6. The summed E-state index contributed by atoms with van der Waals surface area (Å²) in [6.45, 7) is 10.3. The largest absolute Gasteiger partial charge is 0.481 e. The standard InChI is InChI=1S/C28H54O16/c29-27(30)1-3-33-5-7-35-9-11-37-13-15-39-17-19-41-21-23-43-25-26-44-24-22-42-20-18-40-16-14-38-12-10-36-8-6-34-4-2-28(31)32/h1-26H2,(H,29,30)(H,31,32). The molecule has 44 heavy (non-hydrogen) atoms. The molecule has 2 N–H and O–H groups in total. The summed E-state index contributed by atoms with van der Waals surface area (Å²) in [7, 11) is 0. The van der Waals surface area contributed by atoms with Crippen LogP contribution in [0.3, 0.4) is 0 Å². The Morgan fingerprint density at radius 2 is 0.364 bits per heavy atom. The van der Waals surface area contributed by atoms with E-state index < -0.39 is 11.9 Å². The Morgan fingerprint density at radius 3 is 0.477 bits per heavy atom. The zero-order valence-electron chi connectivity index (χ0n) is 26.0. The fraction of sp³-hybridized carbons (Fsp3) is 0.929. The van der Waals surface area contributed by atoms with E-state index >= 15 is 0 Å². The first-order valence-corrected chi connectivity index (χ1v) is 15.0. The molecule has 0 aromatic carbocycles. The molecule has 0 aliphatic heterocycles. The monoisotopic (exact) mass is 646 g/mol. The molecule has 0 spiro atoms. The van der Waals surface area contributed by atoms with Gasteiger partial charge in [0.15, 0.2) is 0 Å². The van der Waals surface area contributed by atoms with Crippen LogP contribution in [0.2, 0.25) is 0 Å². The Bertz CT molecular complexity index is 548. The van der Waals surface area contributed by atoms with Crippen molar-refractivity contribution >= 4 is 11.9 Å². The average molecular weight is 647 g/mol. The Labute approximate surface area is 260 Å². The molecule has 0 aromatic rings. The van der Waals surface area contributed by atoms with Gasteiger partial charge in [0.05, 0.1) is 171 Å². The first-order valence-electron chi connectivity index (χ1n) is 15.0. The van der Waals surface area contributed by atoms with E-state index in [1.807, 2.05) is 0 Å². The Balaban J connectivity index is 3.05. The Morgan fingerprint density at radius 1 is 0.250 bits per heavy atom. The maximum absolute atomic E-state index is 10.3. The number of ether oxygens (including phenoxy) is 12. The van der Waals surface area contributed by atoms with Crippen molar-refractivity contribution in [2.75, 3.05) is 159 Å². The van der Waals surface area contributed by atoms with Crippen LogP contribution >= 0.6 is 0 Å². The van der Waals surface area contributed by atoms with Crippen LogP contribution in [0.1, 0.15) is 12.8 Å². The highest BCUT2D eigenvalue weighted by Crippen LogP contribution is 1.88. The molecule has 0 bridgehead atoms. The summed E-state index contributed by atoms with van der Waals surface area (Å²) < 4.78 is 64.2. The predicted octanol–water partition coefficient (Wildman–Crippen LogP) is 0.135. The van der Waals surface area contributed by atoms with Crippen molar-refractivity contribution in [3.63, 3.8) is 0 Å². The fourth-order valence-corrected chi connectivity index (χ4v) is 2.84. The van der Waals surface area contributed by atoms with E-state index in [1.165, 1.54) is 0 Å². The Hall–Kier alpha value is -1.54. The molecule has 0 fully saturated rings. The summed E-state index contributed by atoms with van der Waals surface area (Å²) in [5.74, 6) is -1.76. The van der Waals surface area contributed by atoms with Gasteiger partial charge in [0.25, 0.3) is 0 Å². The van der Waals surface area contributed by atoms with Gasteiger partial charge in [-0.1, -0.05) is 0 Å². The van der Waals surface area contributed by atoms with Crippen molar-refractivity contribution in [1.29, 1.82) is 0 Å². The van der Waals surface area contributed by atoms with Gasteiger partial charge in [0, 0.05) is 0 Å². The van der Waals surface area contributed by atoms with Gasteiger partial charge in [-0.25, -0.2) is 0 Å². The van der Waals surface area contributed by atoms with Gasteiger partial charge in [0.2, 0.25) is 0 Å². The molecule has 0 atom stereocenters. The summed E-state index contributed by atoms with van der Waals surface area (Å²) in [5, 5.41) is 17.0. The van der Waals surface area contributed by atoms with Crippen LogP contribution in [-0.2, 0) is 66.4 Å². The lowest BCUT2D eigenvalue weighted by molar-refractivity contribution is -0.139. The van der Waals surface area contributed by atoms with E-state index in [2.05, 4.69) is 0 Å². The number of hydrogen-bond donors (Lipinski definition) is 2. The van der Waals surface area contributed by atoms with E-state index in [9.17, 15) is 9.59 Å². The molecule has 0 rings (SSSR count). The lowest BCUT2D eigenvalue weighted by Gasteiger charge is -2.09. The minimum atomic E-state index is -0.879. The van der Waals surface area contributed by atoms with Crippen LogP contribution in [0.15, 0.2) is 0 Å². The second-order valence-electron chi connectivity index (χ2n) is 8.64. The maximum atomic E-state index is 10.3. The minimum absolute atomic E-state index is 0.00691. The van der Waals surface area contributed by atoms with Crippen molar-refractivity contribution in [2.24, 2.45) is 0 Å². The lowest BCUT2D eigenvalue weighted by Crippen LogP contribution is -2.15. The molecule has 0 amide bonds. The van der Waals surface area contributed by atoms with Crippen molar-refractivity contribution < 1.29 is 76.6 Å². The zero-order valence-corrected chi connectivity index (χ0v) is 26.0. The van der Waals surface area contributed by atoms with E-state index in [4.69, 9.17) is 67.1 Å². The van der Waals surface area contributed by atoms with Gasteiger partial charge in [0.1, 0.15) is 0 Å². The number of hydrogen-bond acceptors (Lipinski definition) is 14. The number of carboxylic acid groups (broad SMARTS) is 2.